The van der Waals surface area contributed by atoms with Gasteiger partial charge in [0.05, 0.1) is 16.5 Å². The highest BCUT2D eigenvalue weighted by Gasteiger charge is 2.28. The van der Waals surface area contributed by atoms with Crippen molar-refractivity contribution < 1.29 is 14.5 Å². The first-order chi connectivity index (χ1) is 16.6. The molecule has 1 aliphatic rings. The molecule has 4 rings (SSSR count). The predicted molar refractivity (Wildman–Crippen MR) is 132 cm³/mol. The summed E-state index contributed by atoms with van der Waals surface area (Å²) in [5.74, 6) is 0.871. The molecule has 0 aliphatic carbocycles. The molecule has 2 aromatic carbocycles. The number of nitrogens with zero attached hydrogens (tertiary/aromatic N) is 5. The molecule has 0 saturated carbocycles. The second-order valence-electron chi connectivity index (χ2n) is 9.87. The maximum Gasteiger partial charge on any atom is 0.410 e. The van der Waals surface area contributed by atoms with E-state index in [1.54, 1.807) is 17.0 Å². The molecule has 1 fully saturated rings. The summed E-state index contributed by atoms with van der Waals surface area (Å²) < 4.78 is 5.50. The summed E-state index contributed by atoms with van der Waals surface area (Å²) in [6.45, 7) is 8.81. The van der Waals surface area contributed by atoms with Crippen molar-refractivity contribution in [3.8, 4) is 0 Å². The highest BCUT2D eigenvalue weighted by Crippen LogP contribution is 2.32. The van der Waals surface area contributed by atoms with E-state index in [1.165, 1.54) is 6.07 Å². The molecule has 10 nitrogen and oxygen atoms in total. The summed E-state index contributed by atoms with van der Waals surface area (Å²) in [6.07, 6.45) is 1.41. The van der Waals surface area contributed by atoms with Crippen molar-refractivity contribution >= 4 is 28.5 Å². The second kappa shape index (κ2) is 9.81. The number of anilines is 1. The number of ether oxygens (including phenoxy) is 1. The monoisotopic (exact) mass is 478 g/mol. The van der Waals surface area contributed by atoms with Crippen molar-refractivity contribution in [1.82, 2.24) is 20.3 Å². The van der Waals surface area contributed by atoms with Crippen LogP contribution in [0.3, 0.4) is 0 Å². The molecule has 2 heterocycles. The maximum absolute atomic E-state index is 12.4. The van der Waals surface area contributed by atoms with Crippen molar-refractivity contribution in [2.75, 3.05) is 18.4 Å². The van der Waals surface area contributed by atoms with E-state index in [0.29, 0.717) is 30.3 Å². The van der Waals surface area contributed by atoms with Gasteiger partial charge in [0.1, 0.15) is 5.60 Å². The topological polar surface area (TPSA) is 123 Å². The maximum atomic E-state index is 12.4. The Morgan fingerprint density at radius 2 is 1.91 bits per heavy atom. The summed E-state index contributed by atoms with van der Waals surface area (Å²) in [5, 5.41) is 27.6. The molecule has 1 amide bonds. The van der Waals surface area contributed by atoms with E-state index in [9.17, 15) is 14.9 Å². The van der Waals surface area contributed by atoms with E-state index in [4.69, 9.17) is 4.74 Å². The van der Waals surface area contributed by atoms with E-state index in [2.05, 4.69) is 32.9 Å². The summed E-state index contributed by atoms with van der Waals surface area (Å²) >= 11 is 0. The average Bonchev–Trinajstić information content (AvgIpc) is 2.83. The molecule has 0 bridgehead atoms. The Labute approximate surface area is 203 Å². The van der Waals surface area contributed by atoms with Gasteiger partial charge < -0.3 is 15.0 Å². The molecule has 35 heavy (non-hydrogen) atoms. The summed E-state index contributed by atoms with van der Waals surface area (Å²) in [4.78, 5) is 24.9. The van der Waals surface area contributed by atoms with E-state index in [0.717, 1.165) is 29.4 Å². The SMILES string of the molecule is CC(Nc1nnnc2ccc(C3CCN(C(=O)OC(C)(C)C)CC3)cc12)c1cccc([N+](=O)[O-])c1. The number of non-ortho nitro benzene ring substituents is 1. The Morgan fingerprint density at radius 1 is 1.17 bits per heavy atom. The van der Waals surface area contributed by atoms with Crippen LogP contribution in [-0.2, 0) is 4.74 Å². The van der Waals surface area contributed by atoms with Gasteiger partial charge in [0, 0.05) is 30.6 Å². The number of nitro groups is 1. The third-order valence-corrected chi connectivity index (χ3v) is 6.13. The smallest absolute Gasteiger partial charge is 0.410 e. The predicted octanol–water partition coefficient (Wildman–Crippen LogP) is 5.22. The van der Waals surface area contributed by atoms with Crippen LogP contribution in [0.2, 0.25) is 0 Å². The lowest BCUT2D eigenvalue weighted by Gasteiger charge is -2.33. The van der Waals surface area contributed by atoms with Crippen molar-refractivity contribution in [2.45, 2.75) is 58.1 Å². The molecule has 184 valence electrons. The molecule has 1 N–H and O–H groups in total. The van der Waals surface area contributed by atoms with Crippen LogP contribution in [-0.4, -0.2) is 50.0 Å². The van der Waals surface area contributed by atoms with Crippen LogP contribution in [0.4, 0.5) is 16.3 Å². The Kier molecular flexibility index (Phi) is 6.81. The number of piperidine rings is 1. The van der Waals surface area contributed by atoms with Crippen LogP contribution in [0.1, 0.15) is 63.6 Å². The number of amides is 1. The van der Waals surface area contributed by atoms with Gasteiger partial charge in [-0.05, 0) is 74.9 Å². The average molecular weight is 479 g/mol. The number of aromatic nitrogens is 3. The normalized spacial score (nSPS) is 15.6. The van der Waals surface area contributed by atoms with E-state index < -0.39 is 10.5 Å². The molecular weight excluding hydrogens is 448 g/mol. The Morgan fingerprint density at radius 3 is 2.60 bits per heavy atom. The summed E-state index contributed by atoms with van der Waals surface area (Å²) in [6, 6.07) is 12.4. The number of rotatable bonds is 5. The molecule has 0 spiro atoms. The number of hydrogen-bond donors (Lipinski definition) is 1. The molecule has 10 heteroatoms. The van der Waals surface area contributed by atoms with Gasteiger partial charge in [0.15, 0.2) is 5.82 Å². The molecule has 1 aromatic heterocycles. The standard InChI is InChI=1S/C25H30N6O4/c1-16(18-6-5-7-20(14-18)31(33)34)26-23-21-15-19(8-9-22(21)27-29-28-23)17-10-12-30(13-11-17)24(32)35-25(2,3)4/h5-9,14-17H,10-13H2,1-4H3,(H,26,27,28). The van der Waals surface area contributed by atoms with Gasteiger partial charge in [-0.3, -0.25) is 10.1 Å². The van der Waals surface area contributed by atoms with Gasteiger partial charge in [-0.2, -0.15) is 0 Å². The van der Waals surface area contributed by atoms with Crippen LogP contribution in [0.25, 0.3) is 10.9 Å². The van der Waals surface area contributed by atoms with Crippen molar-refractivity contribution in [2.24, 2.45) is 0 Å². The van der Waals surface area contributed by atoms with Gasteiger partial charge in [-0.15, -0.1) is 10.2 Å². The molecule has 1 saturated heterocycles. The van der Waals surface area contributed by atoms with Gasteiger partial charge >= 0.3 is 6.09 Å². The fourth-order valence-electron chi connectivity index (χ4n) is 4.28. The minimum atomic E-state index is -0.508. The second-order valence-corrected chi connectivity index (χ2v) is 9.87. The highest BCUT2D eigenvalue weighted by atomic mass is 16.6. The lowest BCUT2D eigenvalue weighted by atomic mass is 9.89. The number of benzene rings is 2. The fourth-order valence-corrected chi connectivity index (χ4v) is 4.28. The number of nitrogens with one attached hydrogen (secondary N) is 1. The number of carbonyl (C=O) groups is 1. The largest absolute Gasteiger partial charge is 0.444 e. The number of carbonyl (C=O) groups excluding carboxylic acids is 1. The molecule has 1 atom stereocenters. The lowest BCUT2D eigenvalue weighted by molar-refractivity contribution is -0.384. The van der Waals surface area contributed by atoms with Gasteiger partial charge in [0.2, 0.25) is 0 Å². The van der Waals surface area contributed by atoms with Crippen molar-refractivity contribution in [1.29, 1.82) is 0 Å². The van der Waals surface area contributed by atoms with E-state index in [-0.39, 0.29) is 17.8 Å². The quantitative estimate of drug-likeness (QED) is 0.391. The first kappa shape index (κ1) is 24.3. The van der Waals surface area contributed by atoms with Crippen LogP contribution < -0.4 is 5.32 Å². The zero-order chi connectivity index (χ0) is 25.2. The first-order valence-electron chi connectivity index (χ1n) is 11.7. The zero-order valence-electron chi connectivity index (χ0n) is 20.4. The van der Waals surface area contributed by atoms with E-state index in [1.807, 2.05) is 39.8 Å². The van der Waals surface area contributed by atoms with Crippen molar-refractivity contribution in [3.05, 3.63) is 63.7 Å². The van der Waals surface area contributed by atoms with Crippen LogP contribution in [0.15, 0.2) is 42.5 Å². The summed E-state index contributed by atoms with van der Waals surface area (Å²) in [5.41, 5.74) is 2.18. The molecule has 1 unspecified atom stereocenters. The molecule has 1 aliphatic heterocycles. The van der Waals surface area contributed by atoms with Gasteiger partial charge in [0.25, 0.3) is 5.69 Å². The fraction of sp³-hybridized carbons (Fsp3) is 0.440. The Hall–Kier alpha value is -3.82. The number of fused-ring (bicyclic) bond motifs is 1. The minimum Gasteiger partial charge on any atom is -0.444 e. The summed E-state index contributed by atoms with van der Waals surface area (Å²) in [7, 11) is 0. The first-order valence-corrected chi connectivity index (χ1v) is 11.7. The van der Waals surface area contributed by atoms with Crippen molar-refractivity contribution in [3.63, 3.8) is 0 Å². The number of hydrogen-bond acceptors (Lipinski definition) is 8. The van der Waals surface area contributed by atoms with Crippen LogP contribution >= 0.6 is 0 Å². The number of likely N-dealkylation sites (tertiary alicyclic amines) is 1. The molecular formula is C25H30N6O4. The van der Waals surface area contributed by atoms with Gasteiger partial charge in [-0.25, -0.2) is 4.79 Å². The minimum absolute atomic E-state index is 0.0434. The Balaban J connectivity index is 1.50. The highest BCUT2D eigenvalue weighted by molar-refractivity contribution is 5.89. The number of nitro benzene ring substituents is 1. The third kappa shape index (κ3) is 5.82. The molecule has 3 aromatic rings. The molecule has 0 radical (unpaired) electrons. The Bertz CT molecular complexity index is 1230. The zero-order valence-corrected chi connectivity index (χ0v) is 20.4. The van der Waals surface area contributed by atoms with E-state index >= 15 is 0 Å². The third-order valence-electron chi connectivity index (χ3n) is 6.13. The van der Waals surface area contributed by atoms with Crippen LogP contribution in [0, 0.1) is 10.1 Å². The van der Waals surface area contributed by atoms with Crippen LogP contribution in [0.5, 0.6) is 0 Å². The van der Waals surface area contributed by atoms with Gasteiger partial charge in [-0.1, -0.05) is 18.2 Å². The lowest BCUT2D eigenvalue weighted by Crippen LogP contribution is -2.41.